The maximum atomic E-state index is 12.6. The zero-order chi connectivity index (χ0) is 23.2. The molecule has 0 radical (unpaired) electrons. The number of hydrogen-bond acceptors (Lipinski definition) is 6. The molecular formula is C24H35ClO6. The molecule has 1 fully saturated rings. The van der Waals surface area contributed by atoms with Crippen LogP contribution in [-0.2, 0) is 19.1 Å². The molecule has 6 nitrogen and oxygen atoms in total. The van der Waals surface area contributed by atoms with Gasteiger partial charge in [0.2, 0.25) is 0 Å². The summed E-state index contributed by atoms with van der Waals surface area (Å²) in [4.78, 5) is 24.7. The summed E-state index contributed by atoms with van der Waals surface area (Å²) in [7, 11) is 1.55. The van der Waals surface area contributed by atoms with E-state index in [4.69, 9.17) is 30.5 Å². The van der Waals surface area contributed by atoms with Crippen molar-refractivity contribution in [1.82, 2.24) is 0 Å². The predicted molar refractivity (Wildman–Crippen MR) is 120 cm³/mol. The second kappa shape index (κ2) is 11.1. The molecule has 1 aromatic carbocycles. The fourth-order valence-corrected chi connectivity index (χ4v) is 4.01. The SMILES string of the molecule is COc1cc(O[C@H](C2CCCC2)[C@H](C)OC(=O)[C@H](C)CC(=O)OC(C)(C)C)ccc1Cl. The Kier molecular flexibility index (Phi) is 9.04. The number of halogens is 1. The molecule has 31 heavy (non-hydrogen) atoms. The zero-order valence-electron chi connectivity index (χ0n) is 19.4. The molecule has 1 aliphatic carbocycles. The number of benzene rings is 1. The highest BCUT2D eigenvalue weighted by molar-refractivity contribution is 6.32. The molecule has 0 saturated heterocycles. The van der Waals surface area contributed by atoms with E-state index in [2.05, 4.69) is 0 Å². The van der Waals surface area contributed by atoms with E-state index in [1.165, 1.54) is 0 Å². The van der Waals surface area contributed by atoms with Crippen LogP contribution in [0.15, 0.2) is 18.2 Å². The molecule has 1 aliphatic rings. The van der Waals surface area contributed by atoms with Crippen LogP contribution >= 0.6 is 11.6 Å². The lowest BCUT2D eigenvalue weighted by Crippen LogP contribution is -2.40. The minimum atomic E-state index is -0.600. The first-order chi connectivity index (χ1) is 14.5. The van der Waals surface area contributed by atoms with Gasteiger partial charge in [0.1, 0.15) is 29.3 Å². The lowest BCUT2D eigenvalue weighted by atomic mass is 9.96. The van der Waals surface area contributed by atoms with Crippen LogP contribution in [0, 0.1) is 11.8 Å². The third-order valence-electron chi connectivity index (χ3n) is 5.32. The van der Waals surface area contributed by atoms with E-state index in [0.717, 1.165) is 25.7 Å². The fourth-order valence-electron chi connectivity index (χ4n) is 3.81. The van der Waals surface area contributed by atoms with E-state index in [1.54, 1.807) is 53.0 Å². The summed E-state index contributed by atoms with van der Waals surface area (Å²) < 4.78 is 22.6. The number of esters is 2. The molecule has 174 valence electrons. The van der Waals surface area contributed by atoms with Crippen molar-refractivity contribution in [1.29, 1.82) is 0 Å². The maximum absolute atomic E-state index is 12.6. The van der Waals surface area contributed by atoms with Gasteiger partial charge < -0.3 is 18.9 Å². The standard InChI is InChI=1S/C24H35ClO6/c1-15(13-21(26)31-24(3,4)5)23(27)29-16(2)22(17-9-7-8-10-17)30-18-11-12-19(25)20(14-18)28-6/h11-12,14-17,22H,7-10,13H2,1-6H3/t15-,16+,22+/m1/s1. The summed E-state index contributed by atoms with van der Waals surface area (Å²) in [5.41, 5.74) is -0.588. The lowest BCUT2D eigenvalue weighted by Gasteiger charge is -2.30. The average molecular weight is 455 g/mol. The van der Waals surface area contributed by atoms with E-state index in [-0.39, 0.29) is 18.4 Å². The monoisotopic (exact) mass is 454 g/mol. The topological polar surface area (TPSA) is 71.1 Å². The van der Waals surface area contributed by atoms with E-state index >= 15 is 0 Å². The Labute approximate surface area is 190 Å². The first-order valence-electron chi connectivity index (χ1n) is 10.9. The van der Waals surface area contributed by atoms with Crippen LogP contribution in [-0.4, -0.2) is 36.9 Å². The summed E-state index contributed by atoms with van der Waals surface area (Å²) in [5.74, 6) is -0.0225. The highest BCUT2D eigenvalue weighted by Crippen LogP contribution is 2.35. The van der Waals surface area contributed by atoms with Gasteiger partial charge in [-0.2, -0.15) is 0 Å². The lowest BCUT2D eigenvalue weighted by molar-refractivity contribution is -0.166. The molecule has 2 rings (SSSR count). The van der Waals surface area contributed by atoms with Crippen LogP contribution in [0.4, 0.5) is 0 Å². The molecule has 0 aliphatic heterocycles. The van der Waals surface area contributed by atoms with Crippen molar-refractivity contribution in [3.05, 3.63) is 23.2 Å². The summed E-state index contributed by atoms with van der Waals surface area (Å²) in [6, 6.07) is 5.25. The third-order valence-corrected chi connectivity index (χ3v) is 5.63. The third kappa shape index (κ3) is 7.91. The second-order valence-electron chi connectivity index (χ2n) is 9.26. The highest BCUT2D eigenvalue weighted by atomic mass is 35.5. The molecule has 0 spiro atoms. The predicted octanol–water partition coefficient (Wildman–Crippen LogP) is 5.59. The molecule has 0 unspecified atom stereocenters. The van der Waals surface area contributed by atoms with Crippen molar-refractivity contribution >= 4 is 23.5 Å². The molecule has 1 saturated carbocycles. The Bertz CT molecular complexity index is 751. The Morgan fingerprint density at radius 1 is 1.16 bits per heavy atom. The smallest absolute Gasteiger partial charge is 0.309 e. The molecular weight excluding hydrogens is 420 g/mol. The van der Waals surface area contributed by atoms with Gasteiger partial charge in [-0.1, -0.05) is 31.4 Å². The van der Waals surface area contributed by atoms with Gasteiger partial charge in [-0.05, 0) is 58.6 Å². The van der Waals surface area contributed by atoms with Crippen molar-refractivity contribution in [2.75, 3.05) is 7.11 Å². The number of hydrogen-bond donors (Lipinski definition) is 0. The Morgan fingerprint density at radius 2 is 1.81 bits per heavy atom. The Hall–Kier alpha value is -1.95. The summed E-state index contributed by atoms with van der Waals surface area (Å²) in [6.45, 7) is 8.91. The number of rotatable bonds is 9. The van der Waals surface area contributed by atoms with Gasteiger partial charge in [0.25, 0.3) is 0 Å². The highest BCUT2D eigenvalue weighted by Gasteiger charge is 2.34. The minimum Gasteiger partial charge on any atom is -0.495 e. The average Bonchev–Trinajstić information content (AvgIpc) is 3.19. The van der Waals surface area contributed by atoms with Gasteiger partial charge in [-0.3, -0.25) is 9.59 Å². The van der Waals surface area contributed by atoms with E-state index in [1.807, 2.05) is 6.92 Å². The van der Waals surface area contributed by atoms with Crippen LogP contribution in [0.2, 0.25) is 5.02 Å². The van der Waals surface area contributed by atoms with Gasteiger partial charge in [-0.25, -0.2) is 0 Å². The molecule has 0 amide bonds. The quantitative estimate of drug-likeness (QED) is 0.453. The molecule has 0 bridgehead atoms. The molecule has 0 heterocycles. The van der Waals surface area contributed by atoms with Gasteiger partial charge in [0.05, 0.1) is 24.5 Å². The molecule has 0 N–H and O–H groups in total. The minimum absolute atomic E-state index is 0.0217. The fraction of sp³-hybridized carbons (Fsp3) is 0.667. The largest absolute Gasteiger partial charge is 0.495 e. The second-order valence-corrected chi connectivity index (χ2v) is 9.66. The van der Waals surface area contributed by atoms with Crippen molar-refractivity contribution in [3.8, 4) is 11.5 Å². The van der Waals surface area contributed by atoms with Crippen LogP contribution in [0.5, 0.6) is 11.5 Å². The van der Waals surface area contributed by atoms with Gasteiger partial charge in [0.15, 0.2) is 0 Å². The maximum Gasteiger partial charge on any atom is 0.309 e. The van der Waals surface area contributed by atoms with E-state index in [0.29, 0.717) is 16.5 Å². The van der Waals surface area contributed by atoms with E-state index < -0.39 is 29.6 Å². The summed E-state index contributed by atoms with van der Waals surface area (Å²) >= 11 is 6.12. The van der Waals surface area contributed by atoms with Crippen molar-refractivity contribution < 1.29 is 28.5 Å². The normalized spacial score (nSPS) is 17.5. The molecule has 0 aromatic heterocycles. The molecule has 1 aromatic rings. The van der Waals surface area contributed by atoms with Crippen molar-refractivity contribution in [3.63, 3.8) is 0 Å². The van der Waals surface area contributed by atoms with E-state index in [9.17, 15) is 9.59 Å². The summed E-state index contributed by atoms with van der Waals surface area (Å²) in [5, 5.41) is 0.503. The van der Waals surface area contributed by atoms with Gasteiger partial charge >= 0.3 is 11.9 Å². The summed E-state index contributed by atoms with van der Waals surface area (Å²) in [6.07, 6.45) is 3.50. The Morgan fingerprint density at radius 3 is 2.39 bits per heavy atom. The molecule has 3 atom stereocenters. The Balaban J connectivity index is 2.05. The van der Waals surface area contributed by atoms with Crippen molar-refractivity contribution in [2.45, 2.75) is 84.5 Å². The number of ether oxygens (including phenoxy) is 4. The van der Waals surface area contributed by atoms with Gasteiger partial charge in [-0.15, -0.1) is 0 Å². The van der Waals surface area contributed by atoms with Crippen molar-refractivity contribution in [2.24, 2.45) is 11.8 Å². The van der Waals surface area contributed by atoms with Crippen LogP contribution < -0.4 is 9.47 Å². The van der Waals surface area contributed by atoms with Gasteiger partial charge in [0, 0.05) is 6.07 Å². The number of methoxy groups -OCH3 is 1. The number of carbonyl (C=O) groups excluding carboxylic acids is 2. The zero-order valence-corrected chi connectivity index (χ0v) is 20.2. The van der Waals surface area contributed by atoms with Crippen LogP contribution in [0.3, 0.4) is 0 Å². The first kappa shape index (κ1) is 25.3. The van der Waals surface area contributed by atoms with Crippen LogP contribution in [0.25, 0.3) is 0 Å². The number of carbonyl (C=O) groups is 2. The van der Waals surface area contributed by atoms with Crippen LogP contribution in [0.1, 0.15) is 66.7 Å². The molecule has 7 heteroatoms. The first-order valence-corrected chi connectivity index (χ1v) is 11.3.